The van der Waals surface area contributed by atoms with E-state index in [4.69, 9.17) is 0 Å². The molecule has 2 heterocycles. The maximum absolute atomic E-state index is 14.3. The third-order valence-corrected chi connectivity index (χ3v) is 3.61. The summed E-state index contributed by atoms with van der Waals surface area (Å²) >= 11 is 0. The van der Waals surface area contributed by atoms with Crippen LogP contribution in [-0.4, -0.2) is 14.3 Å². The lowest BCUT2D eigenvalue weighted by Gasteiger charge is -2.05. The van der Waals surface area contributed by atoms with E-state index >= 15 is 0 Å². The molecule has 0 atom stereocenters. The van der Waals surface area contributed by atoms with E-state index in [1.54, 1.807) is 6.07 Å². The van der Waals surface area contributed by atoms with Crippen LogP contribution in [0.1, 0.15) is 5.69 Å². The second-order valence-electron chi connectivity index (χ2n) is 5.19. The largest absolute Gasteiger partial charge is 0.433 e. The van der Waals surface area contributed by atoms with Gasteiger partial charge in [-0.25, -0.2) is 4.39 Å². The van der Waals surface area contributed by atoms with E-state index in [-0.39, 0.29) is 22.2 Å². The Morgan fingerprint density at radius 2 is 1.83 bits per heavy atom. The molecule has 2 aromatic heterocycles. The molecule has 1 aromatic carbocycles. The van der Waals surface area contributed by atoms with Crippen LogP contribution in [0.2, 0.25) is 0 Å². The number of rotatable bonds is 1. The van der Waals surface area contributed by atoms with Crippen molar-refractivity contribution in [1.29, 1.82) is 0 Å². The summed E-state index contributed by atoms with van der Waals surface area (Å²) in [6.07, 6.45) is -3.07. The first-order valence-electron chi connectivity index (χ1n) is 6.59. The normalized spacial score (nSPS) is 12.1. The number of fused-ring (bicyclic) bond motifs is 1. The summed E-state index contributed by atoms with van der Waals surface area (Å²) in [6.45, 7) is 0. The molecule has 0 spiro atoms. The zero-order valence-electron chi connectivity index (χ0n) is 12.1. The predicted molar refractivity (Wildman–Crippen MR) is 76.4 cm³/mol. The molecule has 23 heavy (non-hydrogen) atoms. The summed E-state index contributed by atoms with van der Waals surface area (Å²) < 4.78 is 54.7. The molecule has 4 nitrogen and oxygen atoms in total. The van der Waals surface area contributed by atoms with Gasteiger partial charge in [0.15, 0.2) is 0 Å². The zero-order chi connectivity index (χ0) is 16.9. The molecule has 0 N–H and O–H groups in total. The van der Waals surface area contributed by atoms with E-state index in [0.717, 1.165) is 19.2 Å². The molecule has 0 aliphatic heterocycles. The van der Waals surface area contributed by atoms with E-state index in [0.29, 0.717) is 10.1 Å². The minimum atomic E-state index is -4.58. The summed E-state index contributed by atoms with van der Waals surface area (Å²) in [5, 5.41) is 4.32. The Bertz CT molecular complexity index is 969. The molecule has 0 bridgehead atoms. The number of nitrogens with zero attached hydrogens (tertiary/aromatic N) is 3. The fraction of sp³-hybridized carbons (Fsp3) is 0.200. The van der Waals surface area contributed by atoms with Gasteiger partial charge in [-0.15, -0.1) is 0 Å². The van der Waals surface area contributed by atoms with Gasteiger partial charge in [-0.05, 0) is 29.7 Å². The first kappa shape index (κ1) is 15.3. The second kappa shape index (κ2) is 4.94. The van der Waals surface area contributed by atoms with Crippen LogP contribution in [-0.2, 0) is 20.3 Å². The molecule has 0 fully saturated rings. The van der Waals surface area contributed by atoms with Crippen molar-refractivity contribution in [3.8, 4) is 11.3 Å². The number of halogens is 4. The first-order valence-corrected chi connectivity index (χ1v) is 6.59. The fourth-order valence-corrected chi connectivity index (χ4v) is 2.42. The third kappa shape index (κ3) is 2.49. The first-order chi connectivity index (χ1) is 10.7. The maximum atomic E-state index is 14.3. The van der Waals surface area contributed by atoms with Crippen LogP contribution < -0.4 is 5.56 Å². The van der Waals surface area contributed by atoms with Gasteiger partial charge in [0.05, 0.1) is 11.1 Å². The highest BCUT2D eigenvalue weighted by Crippen LogP contribution is 2.33. The van der Waals surface area contributed by atoms with Crippen molar-refractivity contribution in [1.82, 2.24) is 14.3 Å². The van der Waals surface area contributed by atoms with Gasteiger partial charge in [0.25, 0.3) is 5.56 Å². The van der Waals surface area contributed by atoms with Crippen molar-refractivity contribution in [2.24, 2.45) is 14.1 Å². The molecule has 120 valence electrons. The van der Waals surface area contributed by atoms with Gasteiger partial charge in [-0.1, -0.05) is 0 Å². The van der Waals surface area contributed by atoms with Crippen molar-refractivity contribution in [2.75, 3.05) is 0 Å². The standard InChI is InChI=1S/C15H11F4N3O/c1-21-4-3-8-5-10(11(16)6-9(8)14(21)23)12-7-13(15(17,18)19)22(2)20-12/h3-7H,1-2H3. The van der Waals surface area contributed by atoms with Crippen LogP contribution in [0.3, 0.4) is 0 Å². The molecule has 0 saturated heterocycles. The SMILES string of the molecule is Cn1nc(-c2cc3ccn(C)c(=O)c3cc2F)cc1C(F)(F)F. The lowest BCUT2D eigenvalue weighted by atomic mass is 10.1. The van der Waals surface area contributed by atoms with Crippen LogP contribution in [0, 0.1) is 5.82 Å². The van der Waals surface area contributed by atoms with Gasteiger partial charge in [-0.2, -0.15) is 18.3 Å². The monoisotopic (exact) mass is 325 g/mol. The van der Waals surface area contributed by atoms with Gasteiger partial charge < -0.3 is 4.57 Å². The quantitative estimate of drug-likeness (QED) is 0.645. The third-order valence-electron chi connectivity index (χ3n) is 3.61. The Morgan fingerprint density at radius 1 is 1.13 bits per heavy atom. The van der Waals surface area contributed by atoms with Crippen LogP contribution in [0.4, 0.5) is 17.6 Å². The Hall–Kier alpha value is -2.64. The highest BCUT2D eigenvalue weighted by molar-refractivity contribution is 5.86. The minimum Gasteiger partial charge on any atom is -0.318 e. The van der Waals surface area contributed by atoms with Gasteiger partial charge in [0, 0.05) is 25.9 Å². The summed E-state index contributed by atoms with van der Waals surface area (Å²) in [4.78, 5) is 11.9. The van der Waals surface area contributed by atoms with Crippen molar-refractivity contribution in [2.45, 2.75) is 6.18 Å². The molecule has 0 saturated carbocycles. The Labute approximate surface area is 127 Å². The molecule has 8 heteroatoms. The van der Waals surface area contributed by atoms with Gasteiger partial charge in [0.1, 0.15) is 11.5 Å². The van der Waals surface area contributed by atoms with Gasteiger partial charge in [-0.3, -0.25) is 9.48 Å². The smallest absolute Gasteiger partial charge is 0.318 e. The number of aryl methyl sites for hydroxylation is 2. The van der Waals surface area contributed by atoms with E-state index in [2.05, 4.69) is 5.10 Å². The van der Waals surface area contributed by atoms with E-state index in [1.165, 1.54) is 23.9 Å². The molecular weight excluding hydrogens is 314 g/mol. The summed E-state index contributed by atoms with van der Waals surface area (Å²) in [5.74, 6) is -0.798. The summed E-state index contributed by atoms with van der Waals surface area (Å²) in [7, 11) is 2.67. The maximum Gasteiger partial charge on any atom is 0.433 e. The number of alkyl halides is 3. The lowest BCUT2D eigenvalue weighted by molar-refractivity contribution is -0.143. The van der Waals surface area contributed by atoms with E-state index in [9.17, 15) is 22.4 Å². The van der Waals surface area contributed by atoms with E-state index in [1.807, 2.05) is 0 Å². The second-order valence-corrected chi connectivity index (χ2v) is 5.19. The highest BCUT2D eigenvalue weighted by atomic mass is 19.4. The van der Waals surface area contributed by atoms with Crippen molar-refractivity contribution in [3.05, 3.63) is 52.3 Å². The molecule has 0 amide bonds. The Morgan fingerprint density at radius 3 is 2.43 bits per heavy atom. The average molecular weight is 325 g/mol. The van der Waals surface area contributed by atoms with Crippen LogP contribution in [0.15, 0.2) is 35.3 Å². The van der Waals surface area contributed by atoms with Crippen LogP contribution in [0.5, 0.6) is 0 Å². The van der Waals surface area contributed by atoms with Crippen molar-refractivity contribution >= 4 is 10.8 Å². The minimum absolute atomic E-state index is 0.0862. The molecule has 0 unspecified atom stereocenters. The number of benzene rings is 1. The number of aromatic nitrogens is 3. The number of hydrogen-bond donors (Lipinski definition) is 0. The molecule has 0 radical (unpaired) electrons. The van der Waals surface area contributed by atoms with Gasteiger partial charge in [0.2, 0.25) is 0 Å². The molecule has 3 rings (SSSR count). The van der Waals surface area contributed by atoms with Gasteiger partial charge >= 0.3 is 6.18 Å². The highest BCUT2D eigenvalue weighted by Gasteiger charge is 2.35. The number of pyridine rings is 1. The Kier molecular flexibility index (Phi) is 3.28. The average Bonchev–Trinajstić information content (AvgIpc) is 2.85. The topological polar surface area (TPSA) is 39.8 Å². The molecule has 0 aliphatic carbocycles. The molecular formula is C15H11F4N3O. The van der Waals surface area contributed by atoms with E-state index < -0.39 is 17.7 Å². The van der Waals surface area contributed by atoms with Crippen molar-refractivity contribution in [3.63, 3.8) is 0 Å². The van der Waals surface area contributed by atoms with Crippen molar-refractivity contribution < 1.29 is 17.6 Å². The van der Waals surface area contributed by atoms with Crippen LogP contribution >= 0.6 is 0 Å². The predicted octanol–water partition coefficient (Wildman–Crippen LogP) is 3.10. The fourth-order valence-electron chi connectivity index (χ4n) is 2.42. The van der Waals surface area contributed by atoms with Crippen LogP contribution in [0.25, 0.3) is 22.0 Å². The molecule has 0 aliphatic rings. The summed E-state index contributed by atoms with van der Waals surface area (Å²) in [6, 6.07) is 4.72. The number of hydrogen-bond acceptors (Lipinski definition) is 2. The lowest BCUT2D eigenvalue weighted by Crippen LogP contribution is -2.15. The zero-order valence-corrected chi connectivity index (χ0v) is 12.1. The Balaban J connectivity index is 2.23. The summed E-state index contributed by atoms with van der Waals surface area (Å²) in [5.41, 5.74) is -1.59. The molecule has 3 aromatic rings.